The van der Waals surface area contributed by atoms with Crippen LogP contribution in [0.4, 0.5) is 5.69 Å². The van der Waals surface area contributed by atoms with E-state index in [9.17, 15) is 4.79 Å². The number of piperazine rings is 1. The standard InChI is InChI=1S/C25H31N5OS/c1-25(23(31)30-14-12-26-13-15-30)16-20-21(32-25)9-8-19-17-28-24(29(2)22(19)20)27-11-10-18-6-4-3-5-7-18/h3-9,17,24,26-27H,10-16H2,1-2H3/t24?,25-/m0/s1. The molecule has 2 N–H and O–H groups in total. The molecule has 1 fully saturated rings. The van der Waals surface area contributed by atoms with Gasteiger partial charge in [-0.15, -0.1) is 11.8 Å². The Morgan fingerprint density at radius 2 is 2.00 bits per heavy atom. The molecule has 5 rings (SSSR count). The van der Waals surface area contributed by atoms with E-state index in [1.165, 1.54) is 21.7 Å². The van der Waals surface area contributed by atoms with Crippen LogP contribution in [0.3, 0.4) is 0 Å². The van der Waals surface area contributed by atoms with Gasteiger partial charge in [0, 0.05) is 56.4 Å². The van der Waals surface area contributed by atoms with E-state index in [1.54, 1.807) is 11.8 Å². The lowest BCUT2D eigenvalue weighted by Gasteiger charge is -2.35. The number of amides is 1. The predicted octanol–water partition coefficient (Wildman–Crippen LogP) is 2.51. The van der Waals surface area contributed by atoms with Crippen LogP contribution in [0.5, 0.6) is 0 Å². The maximum Gasteiger partial charge on any atom is 0.239 e. The van der Waals surface area contributed by atoms with Gasteiger partial charge in [-0.2, -0.15) is 0 Å². The van der Waals surface area contributed by atoms with Crippen LogP contribution in [0.25, 0.3) is 0 Å². The first-order valence-corrected chi connectivity index (χ1v) is 12.3. The minimum atomic E-state index is -0.444. The predicted molar refractivity (Wildman–Crippen MR) is 132 cm³/mol. The van der Waals surface area contributed by atoms with Crippen LogP contribution in [0.2, 0.25) is 0 Å². The lowest BCUT2D eigenvalue weighted by Crippen LogP contribution is -2.52. The molecule has 0 aromatic heterocycles. The summed E-state index contributed by atoms with van der Waals surface area (Å²) in [5.74, 6) is 0.263. The van der Waals surface area contributed by atoms with Crippen molar-refractivity contribution in [2.45, 2.75) is 35.7 Å². The van der Waals surface area contributed by atoms with E-state index in [4.69, 9.17) is 4.99 Å². The van der Waals surface area contributed by atoms with Gasteiger partial charge in [0.2, 0.25) is 5.91 Å². The maximum atomic E-state index is 13.4. The first-order chi connectivity index (χ1) is 15.5. The quantitative estimate of drug-likeness (QED) is 0.735. The Morgan fingerprint density at radius 1 is 1.22 bits per heavy atom. The maximum absolute atomic E-state index is 13.4. The molecular weight excluding hydrogens is 418 g/mol. The number of fused-ring (bicyclic) bond motifs is 3. The van der Waals surface area contributed by atoms with Gasteiger partial charge < -0.3 is 15.1 Å². The van der Waals surface area contributed by atoms with Crippen LogP contribution in [0, 0.1) is 0 Å². The molecule has 32 heavy (non-hydrogen) atoms. The molecule has 2 aromatic carbocycles. The Hall–Kier alpha value is -2.35. The summed E-state index contributed by atoms with van der Waals surface area (Å²) in [6.45, 7) is 6.32. The van der Waals surface area contributed by atoms with E-state index in [1.807, 2.05) is 17.2 Å². The molecular formula is C25H31N5OS. The molecule has 0 bridgehead atoms. The van der Waals surface area contributed by atoms with Gasteiger partial charge in [-0.25, -0.2) is 0 Å². The molecule has 0 saturated carbocycles. The number of nitrogens with zero attached hydrogens (tertiary/aromatic N) is 3. The summed E-state index contributed by atoms with van der Waals surface area (Å²) in [6, 6.07) is 14.8. The Morgan fingerprint density at radius 3 is 2.78 bits per heavy atom. The molecule has 0 aliphatic carbocycles. The van der Waals surface area contributed by atoms with Crippen molar-refractivity contribution in [2.24, 2.45) is 4.99 Å². The van der Waals surface area contributed by atoms with Crippen LogP contribution >= 0.6 is 11.8 Å². The zero-order valence-electron chi connectivity index (χ0n) is 18.8. The van der Waals surface area contributed by atoms with E-state index in [2.05, 4.69) is 65.9 Å². The second-order valence-corrected chi connectivity index (χ2v) is 10.5. The number of anilines is 1. The molecule has 3 aliphatic rings. The van der Waals surface area contributed by atoms with E-state index in [0.717, 1.165) is 51.1 Å². The van der Waals surface area contributed by atoms with Gasteiger partial charge in [-0.1, -0.05) is 36.4 Å². The summed E-state index contributed by atoms with van der Waals surface area (Å²) in [5.41, 5.74) is 4.94. The van der Waals surface area contributed by atoms with Gasteiger partial charge in [0.05, 0.1) is 5.69 Å². The number of thioether (sulfide) groups is 1. The molecule has 0 radical (unpaired) electrons. The van der Waals surface area contributed by atoms with Crippen LogP contribution in [0.15, 0.2) is 52.4 Å². The highest BCUT2D eigenvalue weighted by molar-refractivity contribution is 8.01. The van der Waals surface area contributed by atoms with Crippen molar-refractivity contribution < 1.29 is 4.79 Å². The lowest BCUT2D eigenvalue weighted by molar-refractivity contribution is -0.133. The van der Waals surface area contributed by atoms with E-state index >= 15 is 0 Å². The largest absolute Gasteiger partial charge is 0.340 e. The van der Waals surface area contributed by atoms with Crippen molar-refractivity contribution in [3.8, 4) is 0 Å². The molecule has 168 valence electrons. The van der Waals surface area contributed by atoms with Crippen molar-refractivity contribution in [3.05, 3.63) is 59.2 Å². The number of aliphatic imine (C=N–C) groups is 1. The molecule has 7 heteroatoms. The average Bonchev–Trinajstić information content (AvgIpc) is 3.18. The lowest BCUT2D eigenvalue weighted by atomic mass is 9.95. The highest BCUT2D eigenvalue weighted by atomic mass is 32.2. The van der Waals surface area contributed by atoms with Crippen molar-refractivity contribution >= 4 is 29.6 Å². The average molecular weight is 450 g/mol. The molecule has 3 aliphatic heterocycles. The smallest absolute Gasteiger partial charge is 0.239 e. The fourth-order valence-electron chi connectivity index (χ4n) is 4.91. The zero-order valence-corrected chi connectivity index (χ0v) is 19.6. The van der Waals surface area contributed by atoms with Gasteiger partial charge in [0.25, 0.3) is 0 Å². The topological polar surface area (TPSA) is 60.0 Å². The highest BCUT2D eigenvalue weighted by Crippen LogP contribution is 2.50. The third-order valence-corrected chi connectivity index (χ3v) is 8.01. The van der Waals surface area contributed by atoms with Gasteiger partial charge in [-0.05, 0) is 37.0 Å². The number of carbonyl (C=O) groups is 1. The van der Waals surface area contributed by atoms with Crippen LogP contribution in [-0.4, -0.2) is 67.8 Å². The molecule has 2 aromatic rings. The summed E-state index contributed by atoms with van der Waals surface area (Å²) in [7, 11) is 2.11. The fourth-order valence-corrected chi connectivity index (χ4v) is 6.26. The van der Waals surface area contributed by atoms with Crippen molar-refractivity contribution in [1.29, 1.82) is 0 Å². The van der Waals surface area contributed by atoms with Gasteiger partial charge in [0.1, 0.15) is 4.75 Å². The van der Waals surface area contributed by atoms with Crippen molar-refractivity contribution in [2.75, 3.05) is 44.7 Å². The van der Waals surface area contributed by atoms with E-state index in [-0.39, 0.29) is 12.2 Å². The molecule has 2 atom stereocenters. The Kier molecular flexibility index (Phi) is 5.97. The van der Waals surface area contributed by atoms with Crippen LogP contribution in [-0.2, 0) is 17.6 Å². The SMILES string of the molecule is CN1c2c(ccc3c2C[C@@](C)(C(=O)N2CCNCC2)S3)C=NC1NCCc1ccccc1. The molecule has 1 amide bonds. The summed E-state index contributed by atoms with van der Waals surface area (Å²) < 4.78 is -0.444. The van der Waals surface area contributed by atoms with Gasteiger partial charge in [-0.3, -0.25) is 15.1 Å². The number of benzene rings is 2. The molecule has 6 nitrogen and oxygen atoms in total. The van der Waals surface area contributed by atoms with E-state index < -0.39 is 4.75 Å². The molecule has 0 spiro atoms. The van der Waals surface area contributed by atoms with Crippen LogP contribution in [0.1, 0.15) is 23.6 Å². The first-order valence-electron chi connectivity index (χ1n) is 11.4. The zero-order chi connectivity index (χ0) is 22.1. The monoisotopic (exact) mass is 449 g/mol. The number of nitrogens with one attached hydrogen (secondary N) is 2. The van der Waals surface area contributed by atoms with Gasteiger partial charge >= 0.3 is 0 Å². The molecule has 1 saturated heterocycles. The highest BCUT2D eigenvalue weighted by Gasteiger charge is 2.45. The van der Waals surface area contributed by atoms with Crippen molar-refractivity contribution in [1.82, 2.24) is 15.5 Å². The van der Waals surface area contributed by atoms with Gasteiger partial charge in [0.15, 0.2) is 6.29 Å². The Balaban J connectivity index is 1.32. The minimum absolute atomic E-state index is 0.0987. The minimum Gasteiger partial charge on any atom is -0.340 e. The summed E-state index contributed by atoms with van der Waals surface area (Å²) in [6.07, 6.45) is 3.61. The second-order valence-electron chi connectivity index (χ2n) is 8.98. The molecule has 3 heterocycles. The first kappa shape index (κ1) is 21.5. The van der Waals surface area contributed by atoms with E-state index in [0.29, 0.717) is 0 Å². The number of rotatable bonds is 5. The third kappa shape index (κ3) is 4.05. The summed E-state index contributed by atoms with van der Waals surface area (Å²) in [4.78, 5) is 23.6. The fraction of sp³-hybridized carbons (Fsp3) is 0.440. The Bertz CT molecular complexity index is 1020. The number of hydrogen-bond acceptors (Lipinski definition) is 6. The summed E-state index contributed by atoms with van der Waals surface area (Å²) in [5, 5.41) is 6.93. The molecule has 1 unspecified atom stereocenters. The normalized spacial score (nSPS) is 24.4. The summed E-state index contributed by atoms with van der Waals surface area (Å²) >= 11 is 1.73. The second kappa shape index (κ2) is 8.89. The van der Waals surface area contributed by atoms with Crippen molar-refractivity contribution in [3.63, 3.8) is 0 Å². The third-order valence-electron chi connectivity index (χ3n) is 6.63. The van der Waals surface area contributed by atoms with Crippen LogP contribution < -0.4 is 15.5 Å². The Labute approximate surface area is 194 Å². The number of hydrogen-bond donors (Lipinski definition) is 2. The number of carbonyl (C=O) groups excluding carboxylic acids is 1.